The van der Waals surface area contributed by atoms with Gasteiger partial charge in [0, 0.05) is 6.54 Å². The van der Waals surface area contributed by atoms with Gasteiger partial charge in [0.2, 0.25) is 5.91 Å². The number of aliphatic hydroxyl groups excluding tert-OH is 1. The summed E-state index contributed by atoms with van der Waals surface area (Å²) in [4.78, 5) is 35.2. The number of carboxylic acid groups (broad SMARTS) is 1. The number of carboxylic acids is 1. The molecule has 1 aliphatic rings. The van der Waals surface area contributed by atoms with Gasteiger partial charge >= 0.3 is 12.1 Å². The molecule has 2 atom stereocenters. The summed E-state index contributed by atoms with van der Waals surface area (Å²) in [6.07, 6.45) is -1.72. The number of alkyl carbamates (subject to hydrolysis) is 1. The number of amides is 2. The van der Waals surface area contributed by atoms with E-state index in [4.69, 9.17) is 9.84 Å². The van der Waals surface area contributed by atoms with Crippen molar-refractivity contribution in [2.75, 3.05) is 13.1 Å². The highest BCUT2D eigenvalue weighted by molar-refractivity contribution is 5.86. The quantitative estimate of drug-likeness (QED) is 0.645. The zero-order valence-corrected chi connectivity index (χ0v) is 11.8. The summed E-state index contributed by atoms with van der Waals surface area (Å²) in [6.45, 7) is 4.72. The van der Waals surface area contributed by atoms with Crippen molar-refractivity contribution in [3.8, 4) is 0 Å². The summed E-state index contributed by atoms with van der Waals surface area (Å²) in [5.41, 5.74) is -0.692. The topological polar surface area (TPSA) is 116 Å². The summed E-state index contributed by atoms with van der Waals surface area (Å²) in [5, 5.41) is 20.8. The Balaban J connectivity index is 2.59. The molecule has 0 radical (unpaired) electrons. The summed E-state index contributed by atoms with van der Waals surface area (Å²) >= 11 is 0. The molecule has 2 amide bonds. The Morgan fingerprint density at radius 3 is 2.50 bits per heavy atom. The largest absolute Gasteiger partial charge is 0.480 e. The van der Waals surface area contributed by atoms with E-state index in [1.807, 2.05) is 0 Å². The van der Waals surface area contributed by atoms with E-state index < -0.39 is 35.7 Å². The normalized spacial score (nSPS) is 20.7. The molecule has 0 aliphatic carbocycles. The number of hydrogen-bond acceptors (Lipinski definition) is 5. The Bertz CT molecular complexity index is 403. The van der Waals surface area contributed by atoms with Crippen molar-refractivity contribution in [2.45, 2.75) is 44.9 Å². The van der Waals surface area contributed by atoms with Crippen molar-refractivity contribution < 1.29 is 29.3 Å². The van der Waals surface area contributed by atoms with Gasteiger partial charge in [-0.15, -0.1) is 0 Å². The molecule has 1 rings (SSSR count). The highest BCUT2D eigenvalue weighted by Gasteiger charge is 2.37. The van der Waals surface area contributed by atoms with Crippen LogP contribution < -0.4 is 5.32 Å². The Kier molecular flexibility index (Phi) is 4.93. The molecule has 3 N–H and O–H groups in total. The molecule has 8 heteroatoms. The van der Waals surface area contributed by atoms with Crippen LogP contribution >= 0.6 is 0 Å². The minimum atomic E-state index is -1.25. The van der Waals surface area contributed by atoms with Gasteiger partial charge in [-0.3, -0.25) is 4.79 Å². The van der Waals surface area contributed by atoms with Crippen LogP contribution in [0.2, 0.25) is 0 Å². The Hall–Kier alpha value is -1.83. The number of nitrogens with zero attached hydrogens (tertiary/aromatic N) is 1. The Labute approximate surface area is 116 Å². The van der Waals surface area contributed by atoms with E-state index in [0.717, 1.165) is 4.90 Å². The van der Waals surface area contributed by atoms with Crippen molar-refractivity contribution >= 4 is 18.0 Å². The molecule has 1 fully saturated rings. The molecule has 1 aliphatic heterocycles. The molecule has 8 nitrogen and oxygen atoms in total. The van der Waals surface area contributed by atoms with Gasteiger partial charge in [0.15, 0.2) is 0 Å². The fourth-order valence-electron chi connectivity index (χ4n) is 1.84. The van der Waals surface area contributed by atoms with Gasteiger partial charge in [-0.2, -0.15) is 0 Å². The number of aliphatic carboxylic acids is 1. The maximum atomic E-state index is 11.6. The molecule has 0 aromatic carbocycles. The first kappa shape index (κ1) is 16.2. The first-order valence-corrected chi connectivity index (χ1v) is 6.27. The zero-order valence-electron chi connectivity index (χ0n) is 11.8. The Morgan fingerprint density at radius 1 is 1.50 bits per heavy atom. The van der Waals surface area contributed by atoms with E-state index >= 15 is 0 Å². The van der Waals surface area contributed by atoms with Crippen LogP contribution in [0, 0.1) is 0 Å². The van der Waals surface area contributed by atoms with Crippen LogP contribution in [-0.2, 0) is 14.3 Å². The van der Waals surface area contributed by atoms with Crippen molar-refractivity contribution in [3.05, 3.63) is 0 Å². The van der Waals surface area contributed by atoms with Crippen molar-refractivity contribution in [1.82, 2.24) is 10.2 Å². The molecule has 0 saturated carbocycles. The predicted octanol–water partition coefficient (Wildman–Crippen LogP) is -0.442. The number of ether oxygens (including phenoxy) is 1. The average Bonchev–Trinajstić information content (AvgIpc) is 2.55. The number of nitrogens with one attached hydrogen (secondary N) is 1. The fraction of sp³-hybridized carbons (Fsp3) is 0.750. The smallest absolute Gasteiger partial charge is 0.407 e. The van der Waals surface area contributed by atoms with E-state index in [1.165, 1.54) is 0 Å². The van der Waals surface area contributed by atoms with E-state index in [0.29, 0.717) is 0 Å². The van der Waals surface area contributed by atoms with Crippen LogP contribution in [0.25, 0.3) is 0 Å². The minimum absolute atomic E-state index is 0.0498. The number of carbonyl (C=O) groups excluding carboxylic acids is 2. The second-order valence-electron chi connectivity index (χ2n) is 5.64. The van der Waals surface area contributed by atoms with E-state index in [1.54, 1.807) is 20.8 Å². The lowest BCUT2D eigenvalue weighted by Crippen LogP contribution is -2.50. The molecule has 1 saturated heterocycles. The van der Waals surface area contributed by atoms with E-state index in [-0.39, 0.29) is 19.5 Å². The molecule has 0 aromatic heterocycles. The number of β-amino-alcohol motifs (C(OH)–C–C–N with tert-alkyl or cyclic N) is 1. The molecule has 0 spiro atoms. The van der Waals surface area contributed by atoms with Crippen LogP contribution in [-0.4, -0.2) is 63.9 Å². The van der Waals surface area contributed by atoms with Crippen LogP contribution in [0.5, 0.6) is 0 Å². The van der Waals surface area contributed by atoms with Gasteiger partial charge in [0.25, 0.3) is 0 Å². The first-order valence-electron chi connectivity index (χ1n) is 6.27. The van der Waals surface area contributed by atoms with Gasteiger partial charge in [-0.25, -0.2) is 9.59 Å². The third-order valence-electron chi connectivity index (χ3n) is 2.64. The number of rotatable bonds is 4. The monoisotopic (exact) mass is 288 g/mol. The third-order valence-corrected chi connectivity index (χ3v) is 2.64. The van der Waals surface area contributed by atoms with E-state index in [9.17, 15) is 19.5 Å². The molecule has 20 heavy (non-hydrogen) atoms. The molecule has 114 valence electrons. The van der Waals surface area contributed by atoms with Gasteiger partial charge in [-0.05, 0) is 20.8 Å². The maximum absolute atomic E-state index is 11.6. The van der Waals surface area contributed by atoms with Crippen LogP contribution in [0.1, 0.15) is 27.2 Å². The highest BCUT2D eigenvalue weighted by atomic mass is 16.6. The average molecular weight is 288 g/mol. The SMILES string of the molecule is CC(C)(C)OC(=O)NC[C@H](C(=O)O)N1CC(O)CC1=O. The number of aliphatic hydroxyl groups is 1. The lowest BCUT2D eigenvalue weighted by atomic mass is 10.2. The third kappa shape index (κ3) is 4.69. The number of hydrogen-bond donors (Lipinski definition) is 3. The zero-order chi connectivity index (χ0) is 15.5. The molecule has 1 heterocycles. The van der Waals surface area contributed by atoms with Gasteiger partial charge in [-0.1, -0.05) is 0 Å². The summed E-state index contributed by atoms with van der Waals surface area (Å²) < 4.78 is 4.98. The minimum Gasteiger partial charge on any atom is -0.480 e. The lowest BCUT2D eigenvalue weighted by molar-refractivity contribution is -0.148. The number of carbonyl (C=O) groups is 3. The van der Waals surface area contributed by atoms with Gasteiger partial charge in [0.05, 0.1) is 19.1 Å². The molecular weight excluding hydrogens is 268 g/mol. The first-order chi connectivity index (χ1) is 9.10. The van der Waals surface area contributed by atoms with Gasteiger partial charge < -0.3 is 25.2 Å². The lowest BCUT2D eigenvalue weighted by Gasteiger charge is -2.25. The van der Waals surface area contributed by atoms with Crippen LogP contribution in [0.4, 0.5) is 4.79 Å². The van der Waals surface area contributed by atoms with Crippen molar-refractivity contribution in [2.24, 2.45) is 0 Å². The second-order valence-corrected chi connectivity index (χ2v) is 5.64. The molecule has 1 unspecified atom stereocenters. The standard InChI is InChI=1S/C12H20N2O6/c1-12(2,3)20-11(19)13-5-8(10(17)18)14-6-7(15)4-9(14)16/h7-8,15H,4-6H2,1-3H3,(H,13,19)(H,17,18)/t7?,8-/m1/s1. The van der Waals surface area contributed by atoms with Gasteiger partial charge in [0.1, 0.15) is 11.6 Å². The second kappa shape index (κ2) is 6.08. The summed E-state index contributed by atoms with van der Waals surface area (Å²) in [6, 6.07) is -1.22. The van der Waals surface area contributed by atoms with E-state index in [2.05, 4.69) is 5.32 Å². The summed E-state index contributed by atoms with van der Waals surface area (Å²) in [5.74, 6) is -1.70. The molecule has 0 aromatic rings. The number of likely N-dealkylation sites (tertiary alicyclic amines) is 1. The molecule has 0 bridgehead atoms. The predicted molar refractivity (Wildman–Crippen MR) is 68.0 cm³/mol. The van der Waals surface area contributed by atoms with Crippen LogP contribution in [0.3, 0.4) is 0 Å². The maximum Gasteiger partial charge on any atom is 0.407 e. The van der Waals surface area contributed by atoms with Crippen molar-refractivity contribution in [3.63, 3.8) is 0 Å². The Morgan fingerprint density at radius 2 is 2.10 bits per heavy atom. The fourth-order valence-corrected chi connectivity index (χ4v) is 1.84. The highest BCUT2D eigenvalue weighted by Crippen LogP contribution is 2.14. The molecular formula is C12H20N2O6. The van der Waals surface area contributed by atoms with Crippen LogP contribution in [0.15, 0.2) is 0 Å². The summed E-state index contributed by atoms with van der Waals surface area (Å²) in [7, 11) is 0. The van der Waals surface area contributed by atoms with Crippen molar-refractivity contribution in [1.29, 1.82) is 0 Å².